The average molecular weight is 444 g/mol. The van der Waals surface area contributed by atoms with E-state index in [9.17, 15) is 9.59 Å². The molecule has 0 aliphatic heterocycles. The van der Waals surface area contributed by atoms with E-state index in [4.69, 9.17) is 39.5 Å². The molecule has 0 aliphatic carbocycles. The van der Waals surface area contributed by atoms with Gasteiger partial charge in [0.25, 0.3) is 5.91 Å². The molecule has 0 fully saturated rings. The third kappa shape index (κ3) is 5.77. The minimum Gasteiger partial charge on any atom is -0.482 e. The van der Waals surface area contributed by atoms with Crippen LogP contribution in [0.1, 0.15) is 19.4 Å². The van der Waals surface area contributed by atoms with E-state index < -0.39 is 11.9 Å². The van der Waals surface area contributed by atoms with Crippen molar-refractivity contribution in [2.45, 2.75) is 26.4 Å². The summed E-state index contributed by atoms with van der Waals surface area (Å²) in [7, 11) is 0. The second-order valence-electron chi connectivity index (χ2n) is 6.01. The Morgan fingerprint density at radius 1 is 1.04 bits per heavy atom. The van der Waals surface area contributed by atoms with E-state index in [0.29, 0.717) is 32.9 Å². The van der Waals surface area contributed by atoms with E-state index >= 15 is 0 Å². The maximum atomic E-state index is 12.9. The molecule has 0 aliphatic rings. The lowest BCUT2D eigenvalue weighted by molar-refractivity contribution is -0.142. The Morgan fingerprint density at radius 3 is 2.25 bits per heavy atom. The Hall–Kier alpha value is -1.95. The number of benzene rings is 2. The number of carbonyl (C=O) groups is 2. The molecule has 2 rings (SSSR count). The van der Waals surface area contributed by atoms with Crippen molar-refractivity contribution >= 4 is 46.6 Å². The van der Waals surface area contributed by atoms with Crippen LogP contribution in [0.15, 0.2) is 42.5 Å². The second-order valence-corrected chi connectivity index (χ2v) is 7.23. The van der Waals surface area contributed by atoms with Crippen LogP contribution in [-0.2, 0) is 16.1 Å². The SMILES string of the molecule is CCNC(=O)C(C)N(Cc1c(Cl)cccc1Cl)C(=O)COc1ccccc1Cl. The molecule has 1 atom stereocenters. The van der Waals surface area contributed by atoms with Crippen LogP contribution in [0.2, 0.25) is 15.1 Å². The quantitative estimate of drug-likeness (QED) is 0.650. The average Bonchev–Trinajstić information content (AvgIpc) is 2.66. The van der Waals surface area contributed by atoms with Crippen molar-refractivity contribution in [1.29, 1.82) is 0 Å². The van der Waals surface area contributed by atoms with Crippen molar-refractivity contribution in [3.8, 4) is 5.75 Å². The number of para-hydroxylation sites is 1. The first kappa shape index (κ1) is 22.3. The van der Waals surface area contributed by atoms with Gasteiger partial charge in [-0.2, -0.15) is 0 Å². The topological polar surface area (TPSA) is 58.6 Å². The lowest BCUT2D eigenvalue weighted by Crippen LogP contribution is -2.49. The van der Waals surface area contributed by atoms with Crippen molar-refractivity contribution in [3.05, 3.63) is 63.1 Å². The van der Waals surface area contributed by atoms with Gasteiger partial charge < -0.3 is 15.0 Å². The summed E-state index contributed by atoms with van der Waals surface area (Å²) < 4.78 is 5.55. The van der Waals surface area contributed by atoms with Crippen molar-refractivity contribution in [3.63, 3.8) is 0 Å². The molecule has 1 N–H and O–H groups in total. The van der Waals surface area contributed by atoms with Gasteiger partial charge in [0.15, 0.2) is 6.61 Å². The maximum absolute atomic E-state index is 12.9. The highest BCUT2D eigenvalue weighted by Crippen LogP contribution is 2.27. The maximum Gasteiger partial charge on any atom is 0.261 e. The summed E-state index contributed by atoms with van der Waals surface area (Å²) in [5.41, 5.74) is 0.563. The number of halogens is 3. The first-order valence-corrected chi connectivity index (χ1v) is 9.86. The van der Waals surface area contributed by atoms with Gasteiger partial charge >= 0.3 is 0 Å². The number of likely N-dealkylation sites (N-methyl/N-ethyl adjacent to an activating group) is 1. The zero-order valence-corrected chi connectivity index (χ0v) is 17.8. The number of nitrogens with zero attached hydrogens (tertiary/aromatic N) is 1. The summed E-state index contributed by atoms with van der Waals surface area (Å²) in [6.07, 6.45) is 0. The van der Waals surface area contributed by atoms with E-state index in [0.717, 1.165) is 0 Å². The lowest BCUT2D eigenvalue weighted by atomic mass is 10.1. The van der Waals surface area contributed by atoms with Gasteiger partial charge in [0.1, 0.15) is 11.8 Å². The molecule has 2 amide bonds. The molecule has 150 valence electrons. The molecule has 28 heavy (non-hydrogen) atoms. The van der Waals surface area contributed by atoms with Crippen LogP contribution in [0.5, 0.6) is 5.75 Å². The normalized spacial score (nSPS) is 11.6. The molecule has 0 bridgehead atoms. The summed E-state index contributed by atoms with van der Waals surface area (Å²) in [5, 5.41) is 3.95. The third-order valence-corrected chi connectivity index (χ3v) is 5.12. The van der Waals surface area contributed by atoms with Crippen LogP contribution in [0.3, 0.4) is 0 Å². The molecule has 0 saturated carbocycles. The molecule has 0 spiro atoms. The second kappa shape index (κ2) is 10.6. The van der Waals surface area contributed by atoms with Gasteiger partial charge in [-0.25, -0.2) is 0 Å². The highest BCUT2D eigenvalue weighted by Gasteiger charge is 2.27. The predicted molar refractivity (Wildman–Crippen MR) is 112 cm³/mol. The first-order valence-electron chi connectivity index (χ1n) is 8.72. The summed E-state index contributed by atoms with van der Waals surface area (Å²) in [5.74, 6) is -0.287. The van der Waals surface area contributed by atoms with E-state index in [-0.39, 0.29) is 19.1 Å². The number of amides is 2. The van der Waals surface area contributed by atoms with Gasteiger partial charge in [0.05, 0.1) is 5.02 Å². The Labute approximate surface area is 179 Å². The molecule has 0 heterocycles. The zero-order chi connectivity index (χ0) is 20.7. The fraction of sp³-hybridized carbons (Fsp3) is 0.300. The minimum atomic E-state index is -0.741. The zero-order valence-electron chi connectivity index (χ0n) is 15.5. The van der Waals surface area contributed by atoms with Gasteiger partial charge in [-0.3, -0.25) is 9.59 Å². The highest BCUT2D eigenvalue weighted by atomic mass is 35.5. The predicted octanol–water partition coefficient (Wildman–Crippen LogP) is 4.58. The molecular weight excluding hydrogens is 423 g/mol. The van der Waals surface area contributed by atoms with Crippen LogP contribution in [0.25, 0.3) is 0 Å². The number of ether oxygens (including phenoxy) is 1. The molecule has 1 unspecified atom stereocenters. The third-order valence-electron chi connectivity index (χ3n) is 4.10. The Morgan fingerprint density at radius 2 is 1.64 bits per heavy atom. The standard InChI is InChI=1S/C20H21Cl3N2O3/c1-3-24-20(27)13(2)25(11-14-15(21)8-6-9-16(14)22)19(26)12-28-18-10-5-4-7-17(18)23/h4-10,13H,3,11-12H2,1-2H3,(H,24,27). The summed E-state index contributed by atoms with van der Waals surface area (Å²) in [4.78, 5) is 26.6. The monoisotopic (exact) mass is 442 g/mol. The molecule has 8 heteroatoms. The number of nitrogens with one attached hydrogen (secondary N) is 1. The molecule has 5 nitrogen and oxygen atoms in total. The minimum absolute atomic E-state index is 0.0710. The van der Waals surface area contributed by atoms with Gasteiger partial charge in [-0.1, -0.05) is 53.0 Å². The van der Waals surface area contributed by atoms with Crippen molar-refractivity contribution < 1.29 is 14.3 Å². The van der Waals surface area contributed by atoms with Gasteiger partial charge in [-0.05, 0) is 38.1 Å². The molecule has 0 radical (unpaired) electrons. The molecule has 2 aromatic rings. The molecule has 2 aromatic carbocycles. The Balaban J connectivity index is 2.23. The summed E-state index contributed by atoms with van der Waals surface area (Å²) >= 11 is 18.6. The van der Waals surface area contributed by atoms with E-state index in [1.54, 1.807) is 49.4 Å². The van der Waals surface area contributed by atoms with Crippen molar-refractivity contribution in [2.24, 2.45) is 0 Å². The van der Waals surface area contributed by atoms with E-state index in [1.807, 2.05) is 6.92 Å². The summed E-state index contributed by atoms with van der Waals surface area (Å²) in [6.45, 7) is 3.69. The van der Waals surface area contributed by atoms with Crippen LogP contribution in [0, 0.1) is 0 Å². The fourth-order valence-corrected chi connectivity index (χ4v) is 3.25. The fourth-order valence-electron chi connectivity index (χ4n) is 2.54. The lowest BCUT2D eigenvalue weighted by Gasteiger charge is -2.29. The number of rotatable bonds is 8. The van der Waals surface area contributed by atoms with Gasteiger partial charge in [0, 0.05) is 28.7 Å². The Kier molecular flexibility index (Phi) is 8.42. The van der Waals surface area contributed by atoms with Crippen molar-refractivity contribution in [2.75, 3.05) is 13.2 Å². The van der Waals surface area contributed by atoms with E-state index in [2.05, 4.69) is 5.32 Å². The first-order chi connectivity index (χ1) is 13.3. The highest BCUT2D eigenvalue weighted by molar-refractivity contribution is 6.36. The summed E-state index contributed by atoms with van der Waals surface area (Å²) in [6, 6.07) is 11.2. The smallest absolute Gasteiger partial charge is 0.261 e. The van der Waals surface area contributed by atoms with Crippen LogP contribution < -0.4 is 10.1 Å². The van der Waals surface area contributed by atoms with Gasteiger partial charge in [0.2, 0.25) is 5.91 Å². The number of carbonyl (C=O) groups excluding carboxylic acids is 2. The number of hydrogen-bond acceptors (Lipinski definition) is 3. The molecule has 0 aromatic heterocycles. The van der Waals surface area contributed by atoms with Crippen LogP contribution >= 0.6 is 34.8 Å². The van der Waals surface area contributed by atoms with Crippen LogP contribution in [0.4, 0.5) is 0 Å². The number of hydrogen-bond donors (Lipinski definition) is 1. The van der Waals surface area contributed by atoms with E-state index in [1.165, 1.54) is 4.90 Å². The molecular formula is C20H21Cl3N2O3. The largest absolute Gasteiger partial charge is 0.482 e. The van der Waals surface area contributed by atoms with Gasteiger partial charge in [-0.15, -0.1) is 0 Å². The Bertz CT molecular complexity index is 825. The van der Waals surface area contributed by atoms with Crippen LogP contribution in [-0.4, -0.2) is 35.9 Å². The van der Waals surface area contributed by atoms with Crippen molar-refractivity contribution in [1.82, 2.24) is 10.2 Å². The molecule has 0 saturated heterocycles.